The zero-order valence-electron chi connectivity index (χ0n) is 48.0. The Balaban J connectivity index is 1.28. The van der Waals surface area contributed by atoms with Crippen molar-refractivity contribution >= 4 is 64.8 Å². The molecule has 0 saturated heterocycles. The summed E-state index contributed by atoms with van der Waals surface area (Å²) in [6.07, 6.45) is -3.30. The second kappa shape index (κ2) is 26.0. The lowest BCUT2D eigenvalue weighted by atomic mass is 9.88. The van der Waals surface area contributed by atoms with E-state index in [9.17, 15) is 46.2 Å². The van der Waals surface area contributed by atoms with Gasteiger partial charge in [-0.25, -0.2) is 16.8 Å². The monoisotopic (exact) mass is 1130 g/mol. The number of hydrogen-bond acceptors (Lipinski definition) is 10. The number of carbonyl (C=O) groups is 4. The van der Waals surface area contributed by atoms with Crippen LogP contribution in [-0.2, 0) is 64.5 Å². The highest BCUT2D eigenvalue weighted by molar-refractivity contribution is 7.93. The summed E-state index contributed by atoms with van der Waals surface area (Å²) in [6.45, 7) is 15.9. The molecule has 6 aromatic rings. The number of amides is 4. The fourth-order valence-electron chi connectivity index (χ4n) is 9.53. The van der Waals surface area contributed by atoms with E-state index in [2.05, 4.69) is 21.3 Å². The van der Waals surface area contributed by atoms with Gasteiger partial charge in [0.05, 0.1) is 44.9 Å². The Bertz CT molecular complexity index is 3120. The van der Waals surface area contributed by atoms with Gasteiger partial charge in [0.25, 0.3) is 0 Å². The lowest BCUT2D eigenvalue weighted by Crippen LogP contribution is -2.65. The molecule has 430 valence electrons. The number of aliphatic hydroxyl groups is 2. The highest BCUT2D eigenvalue weighted by atomic mass is 32.2. The van der Waals surface area contributed by atoms with E-state index in [0.29, 0.717) is 11.1 Å². The van der Waals surface area contributed by atoms with E-state index in [1.807, 2.05) is 97.1 Å². The number of rotatable bonds is 25. The van der Waals surface area contributed by atoms with Gasteiger partial charge in [0.15, 0.2) is 19.7 Å². The molecule has 0 bridgehead atoms. The SMILES string of the molecule is CCC(C)(NC(=O)C(Cc1ccc2ccccc2c1)CS(=O)(=O)C(C)(C)C)C(=O)NC(Cc1ccccc1)[C@@H](O)[C@H](O)C(Cc1ccccc1)NC(=O)C(C)(CC)NC(=O)C(Cc1ccc2ccccc2c1)CS(=O)(=O)C(C)(C)C. The standard InChI is InChI=1S/C64H82N4O10S2/c1-11-63(9,67-57(71)51(41-79(75,76)61(3,4)5)37-45-31-33-47-27-19-21-29-49(47)35-45)59(73)65-53(39-43-23-15-13-16-24-43)55(69)56(70)54(40-44-25-17-14-18-26-44)66-60(74)64(10,12-2)68-58(72)52(42-80(77,78)62(6,7)8)38-46-32-34-48-28-20-22-30-50(48)36-46/h13-36,51-56,69-70H,11-12,37-42H2,1-10H3,(H,65,73)(H,66,74)(H,67,71)(H,68,72)/t51?,52?,53?,54?,55-,56-,63?,64?/m1/s1. The summed E-state index contributed by atoms with van der Waals surface area (Å²) in [6, 6.07) is 42.3. The molecule has 6 unspecified atom stereocenters. The predicted molar refractivity (Wildman–Crippen MR) is 319 cm³/mol. The Hall–Kier alpha value is -6.46. The summed E-state index contributed by atoms with van der Waals surface area (Å²) >= 11 is 0. The first-order valence-corrected chi connectivity index (χ1v) is 30.9. The molecule has 0 aromatic heterocycles. The maximum Gasteiger partial charge on any atom is 0.245 e. The number of benzene rings is 6. The molecule has 0 spiro atoms. The molecule has 14 nitrogen and oxygen atoms in total. The maximum absolute atomic E-state index is 14.8. The summed E-state index contributed by atoms with van der Waals surface area (Å²) in [5.74, 6) is -5.90. The van der Waals surface area contributed by atoms with E-state index in [4.69, 9.17) is 0 Å². The van der Waals surface area contributed by atoms with Crippen LogP contribution in [0.4, 0.5) is 0 Å². The van der Waals surface area contributed by atoms with Crippen molar-refractivity contribution < 1.29 is 46.2 Å². The van der Waals surface area contributed by atoms with Gasteiger partial charge in [-0.15, -0.1) is 0 Å². The zero-order valence-corrected chi connectivity index (χ0v) is 49.6. The van der Waals surface area contributed by atoms with Crippen molar-refractivity contribution in [3.05, 3.63) is 168 Å². The highest BCUT2D eigenvalue weighted by Gasteiger charge is 2.44. The summed E-state index contributed by atoms with van der Waals surface area (Å²) in [7, 11) is -7.69. The van der Waals surface area contributed by atoms with Crippen molar-refractivity contribution in [1.82, 2.24) is 21.3 Å². The molecule has 0 radical (unpaired) electrons. The summed E-state index contributed by atoms with van der Waals surface area (Å²) in [5.41, 5.74) is -0.456. The second-order valence-corrected chi connectivity index (χ2v) is 29.4. The van der Waals surface area contributed by atoms with Crippen molar-refractivity contribution in [2.24, 2.45) is 11.8 Å². The van der Waals surface area contributed by atoms with Crippen LogP contribution in [0.15, 0.2) is 146 Å². The first kappa shape index (κ1) is 62.7. The van der Waals surface area contributed by atoms with Gasteiger partial charge in [-0.1, -0.05) is 159 Å². The minimum absolute atomic E-state index is 0.00221. The molecule has 16 heteroatoms. The molecule has 80 heavy (non-hydrogen) atoms. The summed E-state index contributed by atoms with van der Waals surface area (Å²) in [5, 5.41) is 40.4. The molecule has 0 heterocycles. The maximum atomic E-state index is 14.8. The van der Waals surface area contributed by atoms with Gasteiger partial charge in [-0.3, -0.25) is 19.2 Å². The number of hydrogen-bond donors (Lipinski definition) is 6. The third-order valence-corrected chi connectivity index (χ3v) is 21.1. The fraction of sp³-hybridized carbons (Fsp3) is 0.438. The molecule has 0 aliphatic carbocycles. The van der Waals surface area contributed by atoms with Crippen molar-refractivity contribution in [1.29, 1.82) is 0 Å². The lowest BCUT2D eigenvalue weighted by molar-refractivity contribution is -0.137. The van der Waals surface area contributed by atoms with Crippen molar-refractivity contribution in [2.45, 2.75) is 153 Å². The molecule has 6 N–H and O–H groups in total. The van der Waals surface area contributed by atoms with Gasteiger partial charge in [-0.2, -0.15) is 0 Å². The minimum atomic E-state index is -3.85. The van der Waals surface area contributed by atoms with Gasteiger partial charge >= 0.3 is 0 Å². The van der Waals surface area contributed by atoms with Crippen LogP contribution in [0.3, 0.4) is 0 Å². The van der Waals surface area contributed by atoms with Gasteiger partial charge in [0.2, 0.25) is 23.6 Å². The van der Waals surface area contributed by atoms with Crippen molar-refractivity contribution in [3.8, 4) is 0 Å². The summed E-state index contributed by atoms with van der Waals surface area (Å²) < 4.78 is 52.7. The quantitative estimate of drug-likeness (QED) is 0.0322. The Kier molecular flexibility index (Phi) is 20.4. The van der Waals surface area contributed by atoms with Crippen LogP contribution in [0.1, 0.15) is 104 Å². The average Bonchev–Trinajstić information content (AvgIpc) is 3.44. The largest absolute Gasteiger partial charge is 0.388 e. The number of sulfone groups is 2. The number of aliphatic hydroxyl groups excluding tert-OH is 2. The van der Waals surface area contributed by atoms with E-state index in [-0.39, 0.29) is 38.5 Å². The Labute approximate surface area is 473 Å². The summed E-state index contributed by atoms with van der Waals surface area (Å²) in [4.78, 5) is 58.8. The molecule has 6 aromatic carbocycles. The Morgan fingerprint density at radius 3 is 1.05 bits per heavy atom. The molecule has 8 atom stereocenters. The van der Waals surface area contributed by atoms with E-state index < -0.39 is 112 Å². The zero-order chi connectivity index (χ0) is 58.8. The van der Waals surface area contributed by atoms with Crippen molar-refractivity contribution in [3.63, 3.8) is 0 Å². The van der Waals surface area contributed by atoms with Crippen LogP contribution in [0.5, 0.6) is 0 Å². The number of fused-ring (bicyclic) bond motifs is 2. The second-order valence-electron chi connectivity index (χ2n) is 23.8. The highest BCUT2D eigenvalue weighted by Crippen LogP contribution is 2.28. The molecule has 0 saturated carbocycles. The number of carbonyl (C=O) groups excluding carboxylic acids is 4. The van der Waals surface area contributed by atoms with E-state index in [1.165, 1.54) is 13.8 Å². The Morgan fingerprint density at radius 1 is 0.425 bits per heavy atom. The minimum Gasteiger partial charge on any atom is -0.388 e. The van der Waals surface area contributed by atoms with E-state index in [0.717, 1.165) is 32.7 Å². The topological polar surface area (TPSA) is 225 Å². The smallest absolute Gasteiger partial charge is 0.245 e. The molecular formula is C64H82N4O10S2. The van der Waals surface area contributed by atoms with Gasteiger partial charge < -0.3 is 31.5 Å². The van der Waals surface area contributed by atoms with E-state index >= 15 is 0 Å². The predicted octanol–water partition coefficient (Wildman–Crippen LogP) is 8.18. The number of nitrogens with one attached hydrogen (secondary N) is 4. The average molecular weight is 1130 g/mol. The molecule has 6 rings (SSSR count). The first-order chi connectivity index (χ1) is 37.5. The van der Waals surface area contributed by atoms with Crippen LogP contribution in [0.2, 0.25) is 0 Å². The van der Waals surface area contributed by atoms with Gasteiger partial charge in [-0.05, 0) is 138 Å². The van der Waals surface area contributed by atoms with Crippen LogP contribution in [-0.4, -0.2) is 107 Å². The fourth-order valence-corrected chi connectivity index (χ4v) is 12.1. The third kappa shape index (κ3) is 15.9. The molecule has 0 aliphatic heterocycles. The van der Waals surface area contributed by atoms with Crippen LogP contribution in [0, 0.1) is 11.8 Å². The van der Waals surface area contributed by atoms with Crippen LogP contribution < -0.4 is 21.3 Å². The molecular weight excluding hydrogens is 1050 g/mol. The molecule has 4 amide bonds. The first-order valence-electron chi connectivity index (χ1n) is 27.6. The van der Waals surface area contributed by atoms with Gasteiger partial charge in [0.1, 0.15) is 23.3 Å². The van der Waals surface area contributed by atoms with Crippen LogP contribution in [0.25, 0.3) is 21.5 Å². The van der Waals surface area contributed by atoms with Crippen molar-refractivity contribution in [2.75, 3.05) is 11.5 Å². The molecule has 0 fully saturated rings. The normalized spacial score (nSPS) is 16.2. The van der Waals surface area contributed by atoms with E-state index in [1.54, 1.807) is 104 Å². The van der Waals surface area contributed by atoms with Gasteiger partial charge in [0, 0.05) is 0 Å². The van der Waals surface area contributed by atoms with Crippen LogP contribution >= 0.6 is 0 Å². The molecule has 0 aliphatic rings. The Morgan fingerprint density at radius 2 is 0.738 bits per heavy atom. The lowest BCUT2D eigenvalue weighted by Gasteiger charge is -2.38. The third-order valence-electron chi connectivity index (χ3n) is 15.7.